The van der Waals surface area contributed by atoms with E-state index in [1.165, 1.54) is 89.6 Å². The second-order valence-electron chi connectivity index (χ2n) is 18.7. The van der Waals surface area contributed by atoms with E-state index >= 15 is 0 Å². The highest BCUT2D eigenvalue weighted by molar-refractivity contribution is 8.00. The molecule has 1 aliphatic carbocycles. The van der Waals surface area contributed by atoms with Gasteiger partial charge >= 0.3 is 0 Å². The number of hydrogen-bond donors (Lipinski definition) is 3. The molecule has 12 heteroatoms. The van der Waals surface area contributed by atoms with Crippen molar-refractivity contribution in [2.24, 2.45) is 5.92 Å². The van der Waals surface area contributed by atoms with E-state index in [1.807, 2.05) is 0 Å². The maximum atomic E-state index is 6.67. The summed E-state index contributed by atoms with van der Waals surface area (Å²) in [5.41, 5.74) is 12.3. The summed E-state index contributed by atoms with van der Waals surface area (Å²) in [4.78, 5) is 17.4. The number of fused-ring (bicyclic) bond motifs is 3. The molecule has 0 saturated carbocycles. The fraction of sp³-hybridized carbons (Fsp3) is 0.423. The number of allylic oxidation sites excluding steroid dienone is 2. The third-order valence-corrected chi connectivity index (χ3v) is 16.0. The molecule has 3 N–H and O–H groups in total. The Morgan fingerprint density at radius 3 is 2.41 bits per heavy atom. The molecule has 10 nitrogen and oxygen atoms in total. The molecule has 0 radical (unpaired) electrons. The van der Waals surface area contributed by atoms with Gasteiger partial charge in [0.15, 0.2) is 5.82 Å². The minimum absolute atomic E-state index is 0.147. The monoisotopic (exact) mass is 894 g/mol. The number of para-hydroxylation sites is 1. The van der Waals surface area contributed by atoms with E-state index in [2.05, 4.69) is 133 Å². The van der Waals surface area contributed by atoms with Crippen LogP contribution in [0, 0.1) is 5.92 Å². The Morgan fingerprint density at radius 2 is 1.61 bits per heavy atom. The van der Waals surface area contributed by atoms with Gasteiger partial charge in [-0.2, -0.15) is 4.98 Å². The van der Waals surface area contributed by atoms with Crippen molar-refractivity contribution in [3.05, 3.63) is 112 Å². The molecule has 334 valence electrons. The van der Waals surface area contributed by atoms with Crippen LogP contribution in [0.4, 0.5) is 40.2 Å². The van der Waals surface area contributed by atoms with Crippen molar-refractivity contribution in [1.82, 2.24) is 24.8 Å². The summed E-state index contributed by atoms with van der Waals surface area (Å²) < 4.78 is 4.61. The van der Waals surface area contributed by atoms with Crippen molar-refractivity contribution in [3.8, 4) is 0 Å². The Labute approximate surface area is 388 Å². The number of nitrogens with one attached hydrogen (secondary N) is 3. The summed E-state index contributed by atoms with van der Waals surface area (Å²) in [6.07, 6.45) is 16.2. The SMILES string of the molecule is C=C1CCC(n2c(=C)c3ccc(N4CCC(CCN(C)C5CCN(c6ccc(Nc7ncc(Cl)c(Nc8cccc9c8N(SC)CC9)n7)c7c6CCC7)CC5)CC4)cc3c2=C)C(=C)N1. The molecule has 2 aromatic heterocycles. The van der Waals surface area contributed by atoms with Gasteiger partial charge in [-0.15, -0.1) is 0 Å². The minimum atomic E-state index is 0.147. The molecule has 4 aliphatic heterocycles. The van der Waals surface area contributed by atoms with Crippen LogP contribution in [0.15, 0.2) is 79.3 Å². The minimum Gasteiger partial charge on any atom is -0.371 e. The van der Waals surface area contributed by atoms with E-state index in [0.717, 1.165) is 104 Å². The Balaban J connectivity index is 0.718. The van der Waals surface area contributed by atoms with Crippen LogP contribution in [0.1, 0.15) is 74.1 Å². The molecular formula is C52H63ClN10S. The van der Waals surface area contributed by atoms with Gasteiger partial charge in [-0.1, -0.05) is 68.1 Å². The summed E-state index contributed by atoms with van der Waals surface area (Å²) in [7, 11) is 2.36. The van der Waals surface area contributed by atoms with Crippen LogP contribution in [0.3, 0.4) is 0 Å². The lowest BCUT2D eigenvalue weighted by atomic mass is 9.92. The molecule has 0 spiro atoms. The Bertz CT molecular complexity index is 2700. The largest absolute Gasteiger partial charge is 0.371 e. The van der Waals surface area contributed by atoms with E-state index in [9.17, 15) is 0 Å². The second-order valence-corrected chi connectivity index (χ2v) is 19.9. The molecule has 3 aromatic carbocycles. The standard InChI is InChI=1S/C52H63ClN10S/c1-33-13-17-48(34(2)55-33)63-35(3)41-15-14-40(31-44(41)36(63)4)60-26-20-37(21-27-60)19-25-59(5)39-23-28-61(29-24-39)49-18-16-46(42-10-8-11-43(42)49)57-52-54-32-45(53)51(58-52)56-47-12-7-9-38-22-30-62(64-6)50(38)47/h7,9,12,14-16,18,31-32,37,39,48,55H,1-4,8,10-11,13,17,19-30H2,5-6H3,(H2,54,56,57,58). The van der Waals surface area contributed by atoms with Gasteiger partial charge in [-0.25, -0.2) is 4.98 Å². The van der Waals surface area contributed by atoms with Gasteiger partial charge in [-0.3, -0.25) is 0 Å². The third-order valence-electron chi connectivity index (χ3n) is 15.0. The summed E-state index contributed by atoms with van der Waals surface area (Å²) in [5, 5.41) is 15.4. The highest BCUT2D eigenvalue weighted by atomic mass is 35.5. The molecule has 64 heavy (non-hydrogen) atoms. The average Bonchev–Trinajstić information content (AvgIpc) is 4.04. The van der Waals surface area contributed by atoms with Crippen molar-refractivity contribution in [2.75, 3.05) is 77.3 Å². The van der Waals surface area contributed by atoms with E-state index < -0.39 is 0 Å². The lowest BCUT2D eigenvalue weighted by Gasteiger charge is -2.39. The van der Waals surface area contributed by atoms with Gasteiger partial charge in [0.2, 0.25) is 5.95 Å². The molecule has 3 saturated heterocycles. The van der Waals surface area contributed by atoms with Gasteiger partial charge < -0.3 is 39.5 Å². The molecule has 3 fully saturated rings. The first kappa shape index (κ1) is 42.8. The quantitative estimate of drug-likeness (QED) is 0.106. The molecule has 5 aliphatic rings. The first-order valence-corrected chi connectivity index (χ1v) is 25.0. The predicted molar refractivity (Wildman–Crippen MR) is 272 cm³/mol. The molecular weight excluding hydrogens is 832 g/mol. The third kappa shape index (κ3) is 8.24. The number of piperidine rings is 3. The highest BCUT2D eigenvalue weighted by Crippen LogP contribution is 2.42. The molecule has 1 unspecified atom stereocenters. The van der Waals surface area contributed by atoms with Crippen LogP contribution in [0.25, 0.3) is 23.9 Å². The fourth-order valence-corrected chi connectivity index (χ4v) is 12.1. The van der Waals surface area contributed by atoms with Crippen LogP contribution in [0.5, 0.6) is 0 Å². The maximum absolute atomic E-state index is 6.67. The Hall–Kier alpha value is -5.10. The number of anilines is 7. The van der Waals surface area contributed by atoms with Crippen molar-refractivity contribution in [3.63, 3.8) is 0 Å². The summed E-state index contributed by atoms with van der Waals surface area (Å²) in [6.45, 7) is 24.0. The van der Waals surface area contributed by atoms with Crippen molar-refractivity contribution < 1.29 is 0 Å². The summed E-state index contributed by atoms with van der Waals surface area (Å²) in [6, 6.07) is 18.6. The molecule has 1 atom stereocenters. The smallest absolute Gasteiger partial charge is 0.229 e. The topological polar surface area (TPSA) is 79.8 Å². The lowest BCUT2D eigenvalue weighted by Crippen LogP contribution is -2.44. The van der Waals surface area contributed by atoms with E-state index in [0.29, 0.717) is 22.8 Å². The van der Waals surface area contributed by atoms with Crippen LogP contribution in [-0.2, 0) is 19.3 Å². The molecule has 0 bridgehead atoms. The fourth-order valence-electron chi connectivity index (χ4n) is 11.3. The molecule has 5 aromatic rings. The number of halogens is 1. The summed E-state index contributed by atoms with van der Waals surface area (Å²) in [5.74, 6) is 1.93. The predicted octanol–water partition coefficient (Wildman–Crippen LogP) is 9.68. The van der Waals surface area contributed by atoms with E-state index in [-0.39, 0.29) is 6.04 Å². The average molecular weight is 896 g/mol. The normalized spacial score (nSPS) is 19.4. The molecule has 10 rings (SSSR count). The highest BCUT2D eigenvalue weighted by Gasteiger charge is 2.29. The first-order chi connectivity index (χ1) is 31.1. The van der Waals surface area contributed by atoms with Crippen molar-refractivity contribution in [1.29, 1.82) is 0 Å². The summed E-state index contributed by atoms with van der Waals surface area (Å²) >= 11 is 8.41. The van der Waals surface area contributed by atoms with E-state index in [1.54, 1.807) is 18.1 Å². The van der Waals surface area contributed by atoms with Crippen molar-refractivity contribution in [2.45, 2.75) is 82.7 Å². The van der Waals surface area contributed by atoms with Crippen LogP contribution >= 0.6 is 23.5 Å². The second kappa shape index (κ2) is 18.1. The van der Waals surface area contributed by atoms with Crippen LogP contribution in [0.2, 0.25) is 5.02 Å². The van der Waals surface area contributed by atoms with Crippen molar-refractivity contribution >= 4 is 87.7 Å². The zero-order valence-corrected chi connectivity index (χ0v) is 39.3. The number of nitrogens with zero attached hydrogens (tertiary/aromatic N) is 7. The van der Waals surface area contributed by atoms with Gasteiger partial charge in [0.1, 0.15) is 5.02 Å². The number of rotatable bonds is 12. The Kier molecular flexibility index (Phi) is 12.1. The Morgan fingerprint density at radius 1 is 0.828 bits per heavy atom. The number of benzene rings is 3. The van der Waals surface area contributed by atoms with Crippen LogP contribution in [-0.4, -0.2) is 78.0 Å². The first-order valence-electron chi connectivity index (χ1n) is 23.4. The zero-order valence-electron chi connectivity index (χ0n) is 37.7. The number of aromatic nitrogens is 3. The van der Waals surface area contributed by atoms with Crippen LogP contribution < -0.4 is 40.8 Å². The zero-order chi connectivity index (χ0) is 44.1. The molecule has 6 heterocycles. The van der Waals surface area contributed by atoms with Gasteiger partial charge in [0.05, 0.1) is 23.6 Å². The lowest BCUT2D eigenvalue weighted by molar-refractivity contribution is 0.189. The maximum Gasteiger partial charge on any atom is 0.229 e. The number of hydrogen-bond acceptors (Lipinski definition) is 10. The van der Waals surface area contributed by atoms with Gasteiger partial charge in [0.25, 0.3) is 0 Å². The van der Waals surface area contributed by atoms with Gasteiger partial charge in [0, 0.05) is 94.9 Å². The van der Waals surface area contributed by atoms with E-state index in [4.69, 9.17) is 16.6 Å². The van der Waals surface area contributed by atoms with Gasteiger partial charge in [-0.05, 0) is 137 Å². The molecule has 0 amide bonds.